The molecule has 0 aromatic rings. The van der Waals surface area contributed by atoms with Crippen molar-refractivity contribution in [3.63, 3.8) is 0 Å². The van der Waals surface area contributed by atoms with Crippen molar-refractivity contribution in [2.24, 2.45) is 23.3 Å². The zero-order chi connectivity index (χ0) is 56.1. The third kappa shape index (κ3) is 25.3. The van der Waals surface area contributed by atoms with Crippen LogP contribution in [-0.2, 0) is 52.7 Å². The first-order valence-electron chi connectivity index (χ1n) is 23.3. The van der Waals surface area contributed by atoms with E-state index < -0.39 is 156 Å². The molecule has 0 radical (unpaired) electrons. The van der Waals surface area contributed by atoms with Gasteiger partial charge >= 0.3 is 5.97 Å². The summed E-state index contributed by atoms with van der Waals surface area (Å²) < 4.78 is 0. The quantitative estimate of drug-likeness (QED) is 0.0263. The summed E-state index contributed by atoms with van der Waals surface area (Å²) in [6.45, 7) is 6.69. The van der Waals surface area contributed by atoms with Gasteiger partial charge in [-0.1, -0.05) is 34.1 Å². The minimum absolute atomic E-state index is 0.00768. The van der Waals surface area contributed by atoms with E-state index >= 15 is 0 Å². The Kier molecular flexibility index (Phi) is 34.6. The Bertz CT molecular complexity index is 1860. The molecule has 0 saturated carbocycles. The molecule has 0 aliphatic carbocycles. The van der Waals surface area contributed by atoms with E-state index in [2.05, 4.69) is 73.1 Å². The van der Waals surface area contributed by atoms with Crippen molar-refractivity contribution in [1.82, 2.24) is 47.9 Å². The van der Waals surface area contributed by atoms with Gasteiger partial charge in [0.2, 0.25) is 59.1 Å². The molecule has 0 aliphatic heterocycles. The number of thiol groups is 2. The molecule has 12 atom stereocenters. The van der Waals surface area contributed by atoms with Crippen molar-refractivity contribution in [2.75, 3.05) is 54.1 Å². The average Bonchev–Trinajstić information content (AvgIpc) is 3.34. The third-order valence-electron chi connectivity index (χ3n) is 11.0. The number of carboxylic acid groups (broad SMARTS) is 1. The van der Waals surface area contributed by atoms with Gasteiger partial charge in [0, 0.05) is 11.5 Å². The highest BCUT2D eigenvalue weighted by atomic mass is 32.2. The van der Waals surface area contributed by atoms with Crippen molar-refractivity contribution in [2.45, 2.75) is 133 Å². The van der Waals surface area contributed by atoms with E-state index in [1.807, 2.05) is 0 Å². The van der Waals surface area contributed by atoms with E-state index in [4.69, 9.17) is 11.5 Å². The monoisotopic (exact) mass is 1130 g/mol. The van der Waals surface area contributed by atoms with Gasteiger partial charge in [-0.3, -0.25) is 47.9 Å². The summed E-state index contributed by atoms with van der Waals surface area (Å²) in [6, 6.07) is -14.2. The Morgan fingerprint density at radius 2 is 0.863 bits per heavy atom. The summed E-state index contributed by atoms with van der Waals surface area (Å²) in [6.07, 6.45) is 3.41. The van der Waals surface area contributed by atoms with Crippen LogP contribution in [0.4, 0.5) is 0 Å². The lowest BCUT2D eigenvalue weighted by molar-refractivity contribution is -0.144. The average molecular weight is 1130 g/mol. The standard InChI is InChI=1S/C43H77N11O14S5/c1-9-21(4)32(43(67)68)53-41(65)31(20(2)3)52-37(61)26(12-15-73-8)48-40(64)29(19-70)51-39(63)28(17-55)50-42(66)33(22(5)56)54-38(62)27(16-30(45)57)49-36(60)25(11-14-72-7)47-35(59)24(10-13-71-6)46-34(58)23(44)18-69/h20-29,31-33,55-56,69-70H,9-19,44H2,1-8H3,(H2,45,57)(H,46,58)(H,47,59)(H,48,64)(H,49,60)(H,50,66)(H,51,63)(H,52,61)(H,53,65)(H,54,62)(H,67,68)/t21-,22+,23-,24-,25-,26-,27-,28-,29-,31-,32-,33-/m0/s1. The fraction of sp³-hybridized carbons (Fsp3) is 0.744. The maximum Gasteiger partial charge on any atom is 0.326 e. The summed E-state index contributed by atoms with van der Waals surface area (Å²) in [7, 11) is 0. The van der Waals surface area contributed by atoms with Crippen LogP contribution in [0.25, 0.3) is 0 Å². The summed E-state index contributed by atoms with van der Waals surface area (Å²) in [5, 5.41) is 52.2. The van der Waals surface area contributed by atoms with E-state index in [0.29, 0.717) is 23.7 Å². The predicted molar refractivity (Wildman–Crippen MR) is 287 cm³/mol. The van der Waals surface area contributed by atoms with Crippen LogP contribution in [-0.4, -0.2) is 201 Å². The third-order valence-corrected chi connectivity index (χ3v) is 13.7. The molecule has 0 aromatic carbocycles. The summed E-state index contributed by atoms with van der Waals surface area (Å²) in [4.78, 5) is 145. The van der Waals surface area contributed by atoms with Crippen molar-refractivity contribution in [3.8, 4) is 0 Å². The summed E-state index contributed by atoms with van der Waals surface area (Å²) >= 11 is 12.2. The van der Waals surface area contributed by atoms with Crippen LogP contribution in [0.15, 0.2) is 0 Å². The Balaban J connectivity index is 6.28. The normalized spacial score (nSPS) is 16.1. The lowest BCUT2D eigenvalue weighted by Gasteiger charge is -2.29. The van der Waals surface area contributed by atoms with Gasteiger partial charge in [0.05, 0.1) is 25.2 Å². The molecule has 0 aromatic heterocycles. The van der Waals surface area contributed by atoms with Crippen molar-refractivity contribution >= 4 is 126 Å². The molecule has 0 saturated heterocycles. The minimum atomic E-state index is -1.90. The number of aliphatic carboxylic acids is 1. The fourth-order valence-corrected chi connectivity index (χ4v) is 8.24. The second-order valence-corrected chi connectivity index (χ2v) is 20.9. The zero-order valence-corrected chi connectivity index (χ0v) is 46.6. The van der Waals surface area contributed by atoms with Crippen LogP contribution >= 0.6 is 60.5 Å². The zero-order valence-electron chi connectivity index (χ0n) is 42.4. The van der Waals surface area contributed by atoms with E-state index in [0.717, 1.165) is 6.92 Å². The maximum atomic E-state index is 13.7. The van der Waals surface area contributed by atoms with Gasteiger partial charge in [-0.2, -0.15) is 60.5 Å². The van der Waals surface area contributed by atoms with Gasteiger partial charge in [0.25, 0.3) is 0 Å². The SMILES string of the molecule is CC[C@H](C)[C@H](NC(=O)[C@@H](NC(=O)[C@H](CCSC)NC(=O)[C@H](CS)NC(=O)[C@H](CO)NC(=O)[C@@H](NC(=O)[C@H](CC(N)=O)NC(=O)[C@H](CCSC)NC(=O)[C@H](CCSC)NC(=O)[C@@H](N)CS)[C@@H](C)O)C(C)C)C(=O)O. The Morgan fingerprint density at radius 1 is 0.507 bits per heavy atom. The van der Waals surface area contributed by atoms with Gasteiger partial charge in [-0.25, -0.2) is 4.79 Å². The number of hydrogen-bond donors (Lipinski definition) is 16. The smallest absolute Gasteiger partial charge is 0.326 e. The molecule has 418 valence electrons. The van der Waals surface area contributed by atoms with Crippen LogP contribution in [0, 0.1) is 11.8 Å². The van der Waals surface area contributed by atoms with Crippen molar-refractivity contribution in [1.29, 1.82) is 0 Å². The number of rotatable bonds is 37. The van der Waals surface area contributed by atoms with E-state index in [1.54, 1.807) is 46.5 Å². The lowest BCUT2D eigenvalue weighted by atomic mass is 9.97. The number of carbonyl (C=O) groups is 11. The van der Waals surface area contributed by atoms with Crippen molar-refractivity contribution in [3.05, 3.63) is 0 Å². The Morgan fingerprint density at radius 3 is 1.25 bits per heavy atom. The Hall–Kier alpha value is -4.20. The largest absolute Gasteiger partial charge is 0.480 e. The first-order chi connectivity index (χ1) is 34.3. The predicted octanol–water partition coefficient (Wildman–Crippen LogP) is -4.17. The van der Waals surface area contributed by atoms with Gasteiger partial charge in [-0.15, -0.1) is 0 Å². The van der Waals surface area contributed by atoms with Gasteiger partial charge in [-0.05, 0) is 74.0 Å². The van der Waals surface area contributed by atoms with Crippen LogP contribution in [0.5, 0.6) is 0 Å². The van der Waals surface area contributed by atoms with E-state index in [-0.39, 0.29) is 30.8 Å². The highest BCUT2D eigenvalue weighted by Gasteiger charge is 2.37. The highest BCUT2D eigenvalue weighted by molar-refractivity contribution is 7.99. The molecule has 25 nitrogen and oxygen atoms in total. The molecule has 0 bridgehead atoms. The van der Waals surface area contributed by atoms with Crippen LogP contribution in [0.3, 0.4) is 0 Å². The first kappa shape index (κ1) is 68.8. The lowest BCUT2D eigenvalue weighted by Crippen LogP contribution is -2.63. The summed E-state index contributed by atoms with van der Waals surface area (Å²) in [5.74, 6) is -10.9. The van der Waals surface area contributed by atoms with E-state index in [9.17, 15) is 68.1 Å². The van der Waals surface area contributed by atoms with Gasteiger partial charge < -0.3 is 74.6 Å². The number of carbonyl (C=O) groups excluding carboxylic acids is 10. The molecule has 30 heteroatoms. The number of amides is 10. The molecular weight excluding hydrogens is 1050 g/mol. The first-order valence-corrected chi connectivity index (χ1v) is 28.7. The van der Waals surface area contributed by atoms with Crippen LogP contribution < -0.4 is 59.3 Å². The number of aliphatic hydroxyl groups excluding tert-OH is 2. The molecule has 0 unspecified atom stereocenters. The molecule has 0 heterocycles. The number of nitrogens with one attached hydrogen (secondary N) is 9. The van der Waals surface area contributed by atoms with E-state index in [1.165, 1.54) is 35.3 Å². The van der Waals surface area contributed by atoms with Crippen molar-refractivity contribution < 1.29 is 68.1 Å². The maximum absolute atomic E-state index is 13.7. The second-order valence-electron chi connectivity index (χ2n) is 17.2. The molecule has 0 aliphatic rings. The fourth-order valence-electron chi connectivity index (χ4n) is 6.40. The van der Waals surface area contributed by atoms with Crippen LogP contribution in [0.1, 0.15) is 66.7 Å². The molecule has 16 N–H and O–H groups in total. The molecule has 0 rings (SSSR count). The Labute approximate surface area is 450 Å². The number of primary amides is 1. The molecule has 73 heavy (non-hydrogen) atoms. The second kappa shape index (κ2) is 36.7. The van der Waals surface area contributed by atoms with Crippen LogP contribution in [0.2, 0.25) is 0 Å². The minimum Gasteiger partial charge on any atom is -0.480 e. The molecule has 0 fully saturated rings. The summed E-state index contributed by atoms with van der Waals surface area (Å²) in [5.41, 5.74) is 11.2. The highest BCUT2D eigenvalue weighted by Crippen LogP contribution is 2.12. The number of carboxylic acids is 1. The number of nitrogens with two attached hydrogens (primary N) is 2. The van der Waals surface area contributed by atoms with Gasteiger partial charge in [0.1, 0.15) is 54.4 Å². The van der Waals surface area contributed by atoms with Gasteiger partial charge in [0.15, 0.2) is 0 Å². The number of thioether (sulfide) groups is 3. The molecule has 0 spiro atoms. The molecule has 10 amide bonds. The topological polar surface area (TPSA) is 409 Å². The number of aliphatic hydroxyl groups is 2. The molecular formula is C43H77N11O14S5. The number of hydrogen-bond acceptors (Lipinski definition) is 19.